The third kappa shape index (κ3) is 2.78. The highest BCUT2D eigenvalue weighted by Gasteiger charge is 2.36. The lowest BCUT2D eigenvalue weighted by atomic mass is 9.86. The van der Waals surface area contributed by atoms with Crippen LogP contribution in [0.1, 0.15) is 68.7 Å². The number of piperidine rings is 1. The van der Waals surface area contributed by atoms with Crippen molar-refractivity contribution in [2.45, 2.75) is 75.9 Å². The summed E-state index contributed by atoms with van der Waals surface area (Å²) in [7, 11) is 0. The highest BCUT2D eigenvalue weighted by molar-refractivity contribution is 5.24. The quantitative estimate of drug-likeness (QED) is 0.893. The Morgan fingerprint density at radius 2 is 2.05 bits per heavy atom. The van der Waals surface area contributed by atoms with Crippen molar-refractivity contribution in [1.82, 2.24) is 10.6 Å². The number of nitrogens with one attached hydrogen (secondary N) is 2. The van der Waals surface area contributed by atoms with Crippen LogP contribution in [0.5, 0.6) is 0 Å². The van der Waals surface area contributed by atoms with E-state index in [2.05, 4.69) is 16.7 Å². The van der Waals surface area contributed by atoms with Gasteiger partial charge in [-0.2, -0.15) is 0 Å². The molecule has 0 spiro atoms. The molecule has 116 valence electrons. The van der Waals surface area contributed by atoms with E-state index in [1.165, 1.54) is 69.2 Å². The predicted molar refractivity (Wildman–Crippen MR) is 84.3 cm³/mol. The average Bonchev–Trinajstić information content (AvgIpc) is 3.17. The number of hydrogen-bond donors (Lipinski definition) is 2. The van der Waals surface area contributed by atoms with Crippen molar-refractivity contribution in [3.8, 4) is 0 Å². The van der Waals surface area contributed by atoms with Crippen LogP contribution >= 0.6 is 0 Å². The number of aryl methyl sites for hydroxylation is 1. The molecule has 1 aromatic heterocycles. The van der Waals surface area contributed by atoms with Gasteiger partial charge in [0.1, 0.15) is 5.76 Å². The Balaban J connectivity index is 1.44. The van der Waals surface area contributed by atoms with Crippen LogP contribution in [0.25, 0.3) is 0 Å². The molecule has 2 aliphatic carbocycles. The molecule has 0 bridgehead atoms. The molecule has 2 fully saturated rings. The van der Waals surface area contributed by atoms with Crippen LogP contribution in [0.4, 0.5) is 0 Å². The van der Waals surface area contributed by atoms with Gasteiger partial charge in [-0.05, 0) is 57.1 Å². The normalized spacial score (nSPS) is 36.6. The van der Waals surface area contributed by atoms with Gasteiger partial charge in [-0.1, -0.05) is 12.8 Å². The Hall–Kier alpha value is -0.800. The molecule has 1 aliphatic heterocycles. The minimum atomic E-state index is 0.529. The summed E-state index contributed by atoms with van der Waals surface area (Å²) in [6.45, 7) is 1.23. The molecular weight excluding hydrogens is 260 g/mol. The van der Waals surface area contributed by atoms with Gasteiger partial charge in [0, 0.05) is 30.1 Å². The zero-order valence-corrected chi connectivity index (χ0v) is 12.9. The lowest BCUT2D eigenvalue weighted by Gasteiger charge is -2.35. The van der Waals surface area contributed by atoms with Crippen LogP contribution in [0, 0.1) is 5.92 Å². The molecular formula is C18H28N2O. The second kappa shape index (κ2) is 6.13. The summed E-state index contributed by atoms with van der Waals surface area (Å²) in [5, 5.41) is 7.79. The smallest absolute Gasteiger partial charge is 0.108 e. The van der Waals surface area contributed by atoms with Gasteiger partial charge >= 0.3 is 0 Å². The molecule has 1 aromatic rings. The maximum absolute atomic E-state index is 5.64. The lowest BCUT2D eigenvalue weighted by molar-refractivity contribution is 0.239. The van der Waals surface area contributed by atoms with E-state index >= 15 is 0 Å². The molecule has 4 atom stereocenters. The van der Waals surface area contributed by atoms with Gasteiger partial charge in [0.2, 0.25) is 0 Å². The van der Waals surface area contributed by atoms with E-state index in [1.54, 1.807) is 0 Å². The van der Waals surface area contributed by atoms with Crippen LogP contribution in [0.2, 0.25) is 0 Å². The zero-order chi connectivity index (χ0) is 14.1. The summed E-state index contributed by atoms with van der Waals surface area (Å²) in [4.78, 5) is 0. The van der Waals surface area contributed by atoms with Gasteiger partial charge in [0.25, 0.3) is 0 Å². The maximum Gasteiger partial charge on any atom is 0.108 e. The highest BCUT2D eigenvalue weighted by Crippen LogP contribution is 2.36. The van der Waals surface area contributed by atoms with Gasteiger partial charge in [0.05, 0.1) is 6.26 Å². The molecule has 1 saturated carbocycles. The van der Waals surface area contributed by atoms with Crippen molar-refractivity contribution < 1.29 is 4.42 Å². The minimum absolute atomic E-state index is 0.529. The second-order valence-corrected chi connectivity index (χ2v) is 7.17. The fourth-order valence-corrected chi connectivity index (χ4v) is 4.84. The van der Waals surface area contributed by atoms with E-state index in [0.717, 1.165) is 18.4 Å². The molecule has 21 heavy (non-hydrogen) atoms. The molecule has 3 aliphatic rings. The first kappa shape index (κ1) is 13.8. The first-order valence-corrected chi connectivity index (χ1v) is 8.97. The third-order valence-corrected chi connectivity index (χ3v) is 5.90. The summed E-state index contributed by atoms with van der Waals surface area (Å²) in [5.74, 6) is 2.06. The van der Waals surface area contributed by atoms with Crippen LogP contribution < -0.4 is 10.6 Å². The van der Waals surface area contributed by atoms with Crippen molar-refractivity contribution in [2.24, 2.45) is 5.92 Å². The molecule has 2 N–H and O–H groups in total. The minimum Gasteiger partial charge on any atom is -0.469 e. The maximum atomic E-state index is 5.64. The van der Waals surface area contributed by atoms with Gasteiger partial charge in [-0.25, -0.2) is 0 Å². The van der Waals surface area contributed by atoms with Crippen molar-refractivity contribution in [2.75, 3.05) is 6.54 Å². The molecule has 3 nitrogen and oxygen atoms in total. The Morgan fingerprint density at radius 3 is 2.95 bits per heavy atom. The van der Waals surface area contributed by atoms with Crippen molar-refractivity contribution in [3.05, 3.63) is 23.7 Å². The summed E-state index contributed by atoms with van der Waals surface area (Å²) in [6, 6.07) is 4.17. The number of fused-ring (bicyclic) bond motifs is 1. The Bertz CT molecular complexity index is 464. The average molecular weight is 288 g/mol. The summed E-state index contributed by atoms with van der Waals surface area (Å²) < 4.78 is 5.64. The van der Waals surface area contributed by atoms with Gasteiger partial charge < -0.3 is 15.1 Å². The van der Waals surface area contributed by atoms with E-state index < -0.39 is 0 Å². The van der Waals surface area contributed by atoms with E-state index in [9.17, 15) is 0 Å². The molecule has 2 heterocycles. The molecule has 0 radical (unpaired) electrons. The summed E-state index contributed by atoms with van der Waals surface area (Å²) >= 11 is 0. The topological polar surface area (TPSA) is 37.2 Å². The van der Waals surface area contributed by atoms with Crippen molar-refractivity contribution in [1.29, 1.82) is 0 Å². The zero-order valence-electron chi connectivity index (χ0n) is 12.9. The summed E-state index contributed by atoms with van der Waals surface area (Å²) in [6.07, 6.45) is 13.8. The van der Waals surface area contributed by atoms with Crippen LogP contribution in [0.3, 0.4) is 0 Å². The van der Waals surface area contributed by atoms with Crippen LogP contribution in [-0.4, -0.2) is 18.6 Å². The predicted octanol–water partition coefficient (Wildman–Crippen LogP) is 3.56. The number of hydrogen-bond acceptors (Lipinski definition) is 3. The monoisotopic (exact) mass is 288 g/mol. The van der Waals surface area contributed by atoms with Crippen LogP contribution in [0.15, 0.2) is 16.7 Å². The fourth-order valence-electron chi connectivity index (χ4n) is 4.84. The largest absolute Gasteiger partial charge is 0.469 e. The Morgan fingerprint density at radius 1 is 1.05 bits per heavy atom. The number of rotatable bonds is 3. The third-order valence-electron chi connectivity index (χ3n) is 5.90. The van der Waals surface area contributed by atoms with Crippen LogP contribution in [-0.2, 0) is 6.42 Å². The molecule has 0 amide bonds. The Kier molecular flexibility index (Phi) is 4.04. The first-order valence-electron chi connectivity index (χ1n) is 8.97. The van der Waals surface area contributed by atoms with Gasteiger partial charge in [0.15, 0.2) is 0 Å². The molecule has 1 saturated heterocycles. The highest BCUT2D eigenvalue weighted by atomic mass is 16.3. The van der Waals surface area contributed by atoms with E-state index in [-0.39, 0.29) is 0 Å². The van der Waals surface area contributed by atoms with Gasteiger partial charge in [-0.3, -0.25) is 0 Å². The SMILES string of the molecule is c1cc2c(o1)CCCC2NC1CCCC1C1CCCCN1. The van der Waals surface area contributed by atoms with E-state index in [0.29, 0.717) is 12.1 Å². The van der Waals surface area contributed by atoms with Crippen molar-refractivity contribution >= 4 is 0 Å². The first-order chi connectivity index (χ1) is 10.4. The number of furan rings is 1. The van der Waals surface area contributed by atoms with Crippen molar-refractivity contribution in [3.63, 3.8) is 0 Å². The molecule has 4 rings (SSSR count). The fraction of sp³-hybridized carbons (Fsp3) is 0.778. The second-order valence-electron chi connectivity index (χ2n) is 7.17. The standard InChI is InChI=1S/C18H28N2O/c1-2-11-19-15(6-1)13-5-3-7-16(13)20-17-8-4-9-18-14(17)10-12-21-18/h10,12-13,15-17,19-20H,1-9,11H2. The van der Waals surface area contributed by atoms with Gasteiger partial charge in [-0.15, -0.1) is 0 Å². The molecule has 3 heteroatoms. The molecule has 4 unspecified atom stereocenters. The summed E-state index contributed by atoms with van der Waals surface area (Å²) in [5.41, 5.74) is 1.43. The van der Waals surface area contributed by atoms with E-state index in [4.69, 9.17) is 4.42 Å². The molecule has 0 aromatic carbocycles. The van der Waals surface area contributed by atoms with E-state index in [1.807, 2.05) is 6.26 Å². The Labute approximate surface area is 127 Å². The lowest BCUT2D eigenvalue weighted by Crippen LogP contribution is -2.47.